The Labute approximate surface area is 107 Å². The lowest BCUT2D eigenvalue weighted by Crippen LogP contribution is -2.37. The van der Waals surface area contributed by atoms with E-state index in [4.69, 9.17) is 4.74 Å². The van der Waals surface area contributed by atoms with Gasteiger partial charge in [-0.25, -0.2) is 0 Å². The average Bonchev–Trinajstić information content (AvgIpc) is 2.83. The van der Waals surface area contributed by atoms with Gasteiger partial charge in [-0.15, -0.1) is 0 Å². The molecule has 1 atom stereocenters. The fourth-order valence-corrected chi connectivity index (χ4v) is 3.54. The smallest absolute Gasteiger partial charge is 0.0598 e. The molecule has 2 heteroatoms. The summed E-state index contributed by atoms with van der Waals surface area (Å²) in [4.78, 5) is 2.49. The molecule has 1 aliphatic carbocycles. The van der Waals surface area contributed by atoms with Crippen molar-refractivity contribution in [1.82, 2.24) is 4.90 Å². The van der Waals surface area contributed by atoms with E-state index in [-0.39, 0.29) is 5.60 Å². The normalized spacial score (nSPS) is 30.0. The molecule has 0 aromatic heterocycles. The standard InChI is InChI=1S/C15H29NO/c1-14(2,3)17-12-15(8-5-6-9-15)13-7-10-16(4)11-13/h13H,5-12H2,1-4H3. The Hall–Kier alpha value is -0.0800. The second-order valence-electron chi connectivity index (χ2n) is 7.22. The third kappa shape index (κ3) is 3.23. The van der Waals surface area contributed by atoms with Crippen molar-refractivity contribution in [2.45, 2.75) is 58.5 Å². The van der Waals surface area contributed by atoms with Gasteiger partial charge in [0.15, 0.2) is 0 Å². The van der Waals surface area contributed by atoms with Gasteiger partial charge in [-0.05, 0) is 65.0 Å². The Kier molecular flexibility index (Phi) is 3.84. The molecule has 1 saturated carbocycles. The summed E-state index contributed by atoms with van der Waals surface area (Å²) in [7, 11) is 2.26. The molecule has 2 rings (SSSR count). The summed E-state index contributed by atoms with van der Waals surface area (Å²) in [5, 5.41) is 0. The van der Waals surface area contributed by atoms with E-state index in [9.17, 15) is 0 Å². The molecule has 1 heterocycles. The van der Waals surface area contributed by atoms with Gasteiger partial charge in [-0.1, -0.05) is 12.8 Å². The minimum absolute atomic E-state index is 0.0140. The van der Waals surface area contributed by atoms with E-state index in [0.717, 1.165) is 12.5 Å². The Morgan fingerprint density at radius 2 is 1.88 bits per heavy atom. The van der Waals surface area contributed by atoms with Crippen LogP contribution in [0.25, 0.3) is 0 Å². The molecule has 2 fully saturated rings. The van der Waals surface area contributed by atoms with Crippen LogP contribution in [-0.4, -0.2) is 37.2 Å². The highest BCUT2D eigenvalue weighted by molar-refractivity contribution is 4.94. The van der Waals surface area contributed by atoms with E-state index in [1.54, 1.807) is 0 Å². The van der Waals surface area contributed by atoms with Crippen LogP contribution in [0.1, 0.15) is 52.9 Å². The first kappa shape index (κ1) is 13.4. The zero-order valence-corrected chi connectivity index (χ0v) is 12.1. The summed E-state index contributed by atoms with van der Waals surface area (Å²) in [6.45, 7) is 10.1. The van der Waals surface area contributed by atoms with Crippen LogP contribution in [-0.2, 0) is 4.74 Å². The zero-order chi connectivity index (χ0) is 12.5. The van der Waals surface area contributed by atoms with Gasteiger partial charge in [-0.3, -0.25) is 0 Å². The number of hydrogen-bond donors (Lipinski definition) is 0. The van der Waals surface area contributed by atoms with Crippen molar-refractivity contribution < 1.29 is 4.74 Å². The fraction of sp³-hybridized carbons (Fsp3) is 1.00. The molecule has 0 spiro atoms. The van der Waals surface area contributed by atoms with Crippen molar-refractivity contribution in [2.24, 2.45) is 11.3 Å². The van der Waals surface area contributed by atoms with Crippen LogP contribution < -0.4 is 0 Å². The molecule has 0 N–H and O–H groups in total. The second-order valence-corrected chi connectivity index (χ2v) is 7.22. The minimum Gasteiger partial charge on any atom is -0.375 e. The Morgan fingerprint density at radius 1 is 1.24 bits per heavy atom. The summed E-state index contributed by atoms with van der Waals surface area (Å²) in [6.07, 6.45) is 6.98. The second kappa shape index (κ2) is 4.89. The van der Waals surface area contributed by atoms with Gasteiger partial charge < -0.3 is 9.64 Å². The molecule has 100 valence electrons. The molecular formula is C15H29NO. The van der Waals surface area contributed by atoms with Crippen molar-refractivity contribution >= 4 is 0 Å². The third-order valence-electron chi connectivity index (χ3n) is 4.65. The maximum absolute atomic E-state index is 6.15. The van der Waals surface area contributed by atoms with E-state index in [1.165, 1.54) is 45.2 Å². The number of rotatable bonds is 3. The molecule has 17 heavy (non-hydrogen) atoms. The lowest BCUT2D eigenvalue weighted by Gasteiger charge is -2.37. The summed E-state index contributed by atoms with van der Waals surface area (Å²) < 4.78 is 6.15. The topological polar surface area (TPSA) is 12.5 Å². The van der Waals surface area contributed by atoms with Crippen molar-refractivity contribution in [3.63, 3.8) is 0 Å². The van der Waals surface area contributed by atoms with Gasteiger partial charge >= 0.3 is 0 Å². The molecule has 0 radical (unpaired) electrons. The number of likely N-dealkylation sites (tertiary alicyclic amines) is 1. The first-order chi connectivity index (χ1) is 7.91. The lowest BCUT2D eigenvalue weighted by molar-refractivity contribution is -0.0679. The van der Waals surface area contributed by atoms with E-state index in [0.29, 0.717) is 5.41 Å². The van der Waals surface area contributed by atoms with E-state index < -0.39 is 0 Å². The monoisotopic (exact) mass is 239 g/mol. The SMILES string of the molecule is CN1CCC(C2(COC(C)(C)C)CCCC2)C1. The summed E-state index contributed by atoms with van der Waals surface area (Å²) in [6, 6.07) is 0. The average molecular weight is 239 g/mol. The Morgan fingerprint density at radius 3 is 2.35 bits per heavy atom. The van der Waals surface area contributed by atoms with E-state index >= 15 is 0 Å². The number of ether oxygens (including phenoxy) is 1. The molecule has 1 unspecified atom stereocenters. The molecular weight excluding hydrogens is 210 g/mol. The van der Waals surface area contributed by atoms with Crippen molar-refractivity contribution in [2.75, 3.05) is 26.7 Å². The van der Waals surface area contributed by atoms with Crippen LogP contribution in [0.5, 0.6) is 0 Å². The van der Waals surface area contributed by atoms with Gasteiger partial charge in [0.25, 0.3) is 0 Å². The van der Waals surface area contributed by atoms with Crippen molar-refractivity contribution in [1.29, 1.82) is 0 Å². The lowest BCUT2D eigenvalue weighted by atomic mass is 9.74. The molecule has 0 aromatic rings. The van der Waals surface area contributed by atoms with Crippen LogP contribution in [0.4, 0.5) is 0 Å². The molecule has 1 aliphatic heterocycles. The minimum atomic E-state index is 0.0140. The highest BCUT2D eigenvalue weighted by Gasteiger charge is 2.44. The number of nitrogens with zero attached hydrogens (tertiary/aromatic N) is 1. The van der Waals surface area contributed by atoms with E-state index in [2.05, 4.69) is 32.7 Å². The predicted molar refractivity (Wildman–Crippen MR) is 72.2 cm³/mol. The summed E-state index contributed by atoms with van der Waals surface area (Å²) in [5.41, 5.74) is 0.512. The highest BCUT2D eigenvalue weighted by Crippen LogP contribution is 2.48. The van der Waals surface area contributed by atoms with Crippen LogP contribution in [0.2, 0.25) is 0 Å². The van der Waals surface area contributed by atoms with Crippen molar-refractivity contribution in [3.05, 3.63) is 0 Å². The predicted octanol–water partition coefficient (Wildman–Crippen LogP) is 3.31. The molecule has 0 amide bonds. The third-order valence-corrected chi connectivity index (χ3v) is 4.65. The fourth-order valence-electron chi connectivity index (χ4n) is 3.54. The van der Waals surface area contributed by atoms with E-state index in [1.807, 2.05) is 0 Å². The van der Waals surface area contributed by atoms with Crippen LogP contribution in [0, 0.1) is 11.3 Å². The zero-order valence-electron chi connectivity index (χ0n) is 12.1. The van der Waals surface area contributed by atoms with Gasteiger partial charge in [0.05, 0.1) is 12.2 Å². The summed E-state index contributed by atoms with van der Waals surface area (Å²) >= 11 is 0. The van der Waals surface area contributed by atoms with Crippen LogP contribution in [0.15, 0.2) is 0 Å². The molecule has 0 bridgehead atoms. The number of hydrogen-bond acceptors (Lipinski definition) is 2. The largest absolute Gasteiger partial charge is 0.375 e. The first-order valence-corrected chi connectivity index (χ1v) is 7.24. The van der Waals surface area contributed by atoms with Crippen LogP contribution >= 0.6 is 0 Å². The van der Waals surface area contributed by atoms with Gasteiger partial charge in [-0.2, -0.15) is 0 Å². The Bertz CT molecular complexity index is 250. The Balaban J connectivity index is 1.99. The van der Waals surface area contributed by atoms with Crippen molar-refractivity contribution in [3.8, 4) is 0 Å². The molecule has 2 nitrogen and oxygen atoms in total. The summed E-state index contributed by atoms with van der Waals surface area (Å²) in [5.74, 6) is 0.873. The van der Waals surface area contributed by atoms with Gasteiger partial charge in [0.2, 0.25) is 0 Å². The molecule has 1 saturated heterocycles. The quantitative estimate of drug-likeness (QED) is 0.749. The first-order valence-electron chi connectivity index (χ1n) is 7.24. The highest BCUT2D eigenvalue weighted by atomic mass is 16.5. The van der Waals surface area contributed by atoms with Crippen LogP contribution in [0.3, 0.4) is 0 Å². The molecule has 0 aromatic carbocycles. The van der Waals surface area contributed by atoms with Gasteiger partial charge in [0.1, 0.15) is 0 Å². The molecule has 2 aliphatic rings. The van der Waals surface area contributed by atoms with Gasteiger partial charge in [0, 0.05) is 6.54 Å². The maximum Gasteiger partial charge on any atom is 0.0598 e. The maximum atomic E-state index is 6.15.